The van der Waals surface area contributed by atoms with Crippen LogP contribution < -0.4 is 15.4 Å². The van der Waals surface area contributed by atoms with Gasteiger partial charge in [0.1, 0.15) is 47.2 Å². The van der Waals surface area contributed by atoms with Crippen molar-refractivity contribution in [2.24, 2.45) is 5.92 Å². The highest BCUT2D eigenvalue weighted by Gasteiger charge is 2.51. The maximum Gasteiger partial charge on any atom is 0.417 e. The van der Waals surface area contributed by atoms with E-state index in [-0.39, 0.29) is 95.9 Å². The van der Waals surface area contributed by atoms with E-state index in [1.54, 1.807) is 11.8 Å². The van der Waals surface area contributed by atoms with E-state index >= 15 is 22.0 Å². The SMILES string of the molecule is CCN(c1nc(OCC23CCCN2CC(F)C3)nc2c(F)c(-c3ccc(F)c4sc(N)c(C#N)c34)c(C(F)(F)F)cc12)C1CC(COC)N(C(=O)C2CC2F)C1. The minimum atomic E-state index is -5.17. The number of thiophene rings is 1. The summed E-state index contributed by atoms with van der Waals surface area (Å²) in [6, 6.07) is 3.01. The maximum absolute atomic E-state index is 17.4. The number of nitrogens with two attached hydrogens (primary N) is 1. The number of aromatic nitrogens is 2. The van der Waals surface area contributed by atoms with Gasteiger partial charge in [0, 0.05) is 49.5 Å². The van der Waals surface area contributed by atoms with E-state index in [1.165, 1.54) is 12.0 Å². The van der Waals surface area contributed by atoms with Gasteiger partial charge in [-0.2, -0.15) is 28.4 Å². The average Bonchev–Trinajstić information content (AvgIpc) is 3.44. The topological polar surface area (TPSA) is 121 Å². The number of halogens is 7. The van der Waals surface area contributed by atoms with Gasteiger partial charge in [0.2, 0.25) is 5.91 Å². The summed E-state index contributed by atoms with van der Waals surface area (Å²) in [7, 11) is 1.46. The summed E-state index contributed by atoms with van der Waals surface area (Å²) in [5.74, 6) is -3.54. The molecule has 0 bridgehead atoms. The molecular formula is C38H38F7N7O3S. The van der Waals surface area contributed by atoms with Crippen LogP contribution in [0.2, 0.25) is 0 Å². The number of carbonyl (C=O) groups excluding carboxylic acids is 1. The summed E-state index contributed by atoms with van der Waals surface area (Å²) in [4.78, 5) is 27.5. The molecule has 3 aliphatic heterocycles. The summed E-state index contributed by atoms with van der Waals surface area (Å²) in [5, 5.41) is 9.16. The molecule has 1 aliphatic carbocycles. The van der Waals surface area contributed by atoms with Crippen LogP contribution in [0.15, 0.2) is 18.2 Å². The fourth-order valence-electron chi connectivity index (χ4n) is 9.07. The molecule has 2 N–H and O–H groups in total. The lowest BCUT2D eigenvalue weighted by Gasteiger charge is -2.32. The standard InChI is InChI=1S/C38H38F7N7O3S/c1-3-51(19-9-20(16-54-2)52(15-19)35(53)22-11-27(22)41)34-23-10-25(38(43,44)45)29(21-5-6-26(40)32-28(21)24(13-46)33(47)56-32)30(42)31(23)48-36(49-34)55-17-37-7-4-8-50(37)14-18(39)12-37/h5-6,10,18-20,22,27H,3-4,7-9,11-12,14-17,47H2,1-2H3. The van der Waals surface area contributed by atoms with Gasteiger partial charge in [0.25, 0.3) is 0 Å². The number of rotatable bonds is 10. The first kappa shape index (κ1) is 38.4. The van der Waals surface area contributed by atoms with Gasteiger partial charge in [-0.3, -0.25) is 9.69 Å². The lowest BCUT2D eigenvalue weighted by molar-refractivity contribution is -0.137. The van der Waals surface area contributed by atoms with Crippen LogP contribution in [0.5, 0.6) is 6.01 Å². The second kappa shape index (κ2) is 14.2. The number of nitriles is 1. The molecular weight excluding hydrogens is 768 g/mol. The first-order valence-corrected chi connectivity index (χ1v) is 19.3. The van der Waals surface area contributed by atoms with Crippen LogP contribution in [0.4, 0.5) is 41.6 Å². The number of nitrogens with zero attached hydrogens (tertiary/aromatic N) is 6. The largest absolute Gasteiger partial charge is 0.461 e. The normalized spacial score (nSPS) is 26.3. The highest BCUT2D eigenvalue weighted by atomic mass is 32.1. The van der Waals surface area contributed by atoms with Crippen molar-refractivity contribution in [3.63, 3.8) is 0 Å². The first-order chi connectivity index (χ1) is 26.7. The van der Waals surface area contributed by atoms with Crippen molar-refractivity contribution < 1.29 is 45.0 Å². The highest BCUT2D eigenvalue weighted by Crippen LogP contribution is 2.49. The summed E-state index contributed by atoms with van der Waals surface area (Å²) >= 11 is 0.660. The molecule has 6 unspecified atom stereocenters. The molecule has 1 amide bonds. The highest BCUT2D eigenvalue weighted by molar-refractivity contribution is 7.23. The van der Waals surface area contributed by atoms with Gasteiger partial charge in [0.15, 0.2) is 5.82 Å². The molecule has 0 spiro atoms. The summed E-state index contributed by atoms with van der Waals surface area (Å²) in [5.41, 5.74) is 1.67. The number of methoxy groups -OCH3 is 1. The fourth-order valence-corrected chi connectivity index (χ4v) is 10.0. The zero-order valence-electron chi connectivity index (χ0n) is 30.4. The Hall–Kier alpha value is -4.47. The van der Waals surface area contributed by atoms with Crippen molar-refractivity contribution >= 4 is 49.1 Å². The quantitative estimate of drug-likeness (QED) is 0.169. The predicted molar refractivity (Wildman–Crippen MR) is 195 cm³/mol. The molecule has 56 heavy (non-hydrogen) atoms. The number of ether oxygens (including phenoxy) is 2. The molecule has 10 nitrogen and oxygen atoms in total. The van der Waals surface area contributed by atoms with Crippen molar-refractivity contribution in [3.8, 4) is 23.2 Å². The van der Waals surface area contributed by atoms with Crippen LogP contribution in [0.25, 0.3) is 32.1 Å². The molecule has 0 radical (unpaired) electrons. The Labute approximate surface area is 320 Å². The predicted octanol–water partition coefficient (Wildman–Crippen LogP) is 7.02. The average molecular weight is 806 g/mol. The summed E-state index contributed by atoms with van der Waals surface area (Å²) in [6.45, 7) is 2.87. The second-order valence-corrected chi connectivity index (χ2v) is 16.1. The number of hydrogen-bond donors (Lipinski definition) is 1. The van der Waals surface area contributed by atoms with Crippen molar-refractivity contribution in [3.05, 3.63) is 41.0 Å². The molecule has 4 aromatic rings. The van der Waals surface area contributed by atoms with Gasteiger partial charge < -0.3 is 25.0 Å². The number of anilines is 2. The summed E-state index contributed by atoms with van der Waals surface area (Å²) in [6.07, 6.45) is -5.50. The molecule has 1 saturated carbocycles. The summed E-state index contributed by atoms with van der Waals surface area (Å²) < 4.78 is 118. The number of fused-ring (bicyclic) bond motifs is 3. The van der Waals surface area contributed by atoms with Gasteiger partial charge in [-0.25, -0.2) is 17.6 Å². The molecule has 2 aromatic heterocycles. The Morgan fingerprint density at radius 3 is 2.64 bits per heavy atom. The maximum atomic E-state index is 17.4. The number of carbonyl (C=O) groups is 1. The van der Waals surface area contributed by atoms with E-state index in [0.29, 0.717) is 24.3 Å². The van der Waals surface area contributed by atoms with Crippen molar-refractivity contribution in [1.29, 1.82) is 5.26 Å². The first-order valence-electron chi connectivity index (χ1n) is 18.4. The monoisotopic (exact) mass is 805 g/mol. The molecule has 4 fully saturated rings. The van der Waals surface area contributed by atoms with Crippen LogP contribution >= 0.6 is 11.3 Å². The Kier molecular flexibility index (Phi) is 9.72. The Balaban J connectivity index is 1.31. The van der Waals surface area contributed by atoms with Gasteiger partial charge in [-0.15, -0.1) is 11.3 Å². The third-order valence-electron chi connectivity index (χ3n) is 11.7. The van der Waals surface area contributed by atoms with Gasteiger partial charge in [-0.05, 0) is 56.8 Å². The zero-order valence-corrected chi connectivity index (χ0v) is 31.3. The van der Waals surface area contributed by atoms with Crippen molar-refractivity contribution in [2.45, 2.75) is 75.2 Å². The minimum Gasteiger partial charge on any atom is -0.461 e. The zero-order chi connectivity index (χ0) is 39.8. The molecule has 3 saturated heterocycles. The van der Waals surface area contributed by atoms with Crippen LogP contribution in [0, 0.1) is 28.9 Å². The molecule has 2 aromatic carbocycles. The number of likely N-dealkylation sites (N-methyl/N-ethyl adjacent to an activating group) is 1. The number of likely N-dealkylation sites (tertiary alicyclic amines) is 1. The van der Waals surface area contributed by atoms with Crippen LogP contribution in [-0.4, -0.2) is 102 Å². The van der Waals surface area contributed by atoms with E-state index in [2.05, 4.69) is 9.97 Å². The van der Waals surface area contributed by atoms with Crippen LogP contribution in [-0.2, 0) is 15.7 Å². The molecule has 18 heteroatoms. The third-order valence-corrected chi connectivity index (χ3v) is 12.8. The fraction of sp³-hybridized carbons (Fsp3) is 0.526. The van der Waals surface area contributed by atoms with E-state index < -0.39 is 75.9 Å². The smallest absolute Gasteiger partial charge is 0.417 e. The lowest BCUT2D eigenvalue weighted by Crippen LogP contribution is -2.43. The minimum absolute atomic E-state index is 0.0642. The van der Waals surface area contributed by atoms with Gasteiger partial charge in [-0.1, -0.05) is 6.07 Å². The second-order valence-electron chi connectivity index (χ2n) is 15.1. The van der Waals surface area contributed by atoms with E-state index in [4.69, 9.17) is 15.2 Å². The lowest BCUT2D eigenvalue weighted by atomic mass is 9.92. The van der Waals surface area contributed by atoms with Crippen molar-refractivity contribution in [2.75, 3.05) is 57.1 Å². The van der Waals surface area contributed by atoms with Gasteiger partial charge >= 0.3 is 12.2 Å². The number of benzene rings is 2. The number of hydrogen-bond acceptors (Lipinski definition) is 10. The molecule has 4 aliphatic rings. The molecule has 5 heterocycles. The van der Waals surface area contributed by atoms with Crippen LogP contribution in [0.3, 0.4) is 0 Å². The number of alkyl halides is 5. The number of amides is 1. The molecule has 298 valence electrons. The van der Waals surface area contributed by atoms with Crippen molar-refractivity contribution in [1.82, 2.24) is 19.8 Å². The Bertz CT molecular complexity index is 2270. The molecule has 6 atom stereocenters. The Morgan fingerprint density at radius 2 is 1.96 bits per heavy atom. The van der Waals surface area contributed by atoms with E-state index in [0.717, 1.165) is 24.6 Å². The van der Waals surface area contributed by atoms with Gasteiger partial charge in [0.05, 0.1) is 46.0 Å². The van der Waals surface area contributed by atoms with E-state index in [1.807, 2.05) is 11.0 Å². The van der Waals surface area contributed by atoms with E-state index in [9.17, 15) is 18.8 Å². The third kappa shape index (κ3) is 6.35. The Morgan fingerprint density at radius 1 is 1.20 bits per heavy atom. The molecule has 8 rings (SSSR count). The number of nitrogen functional groups attached to an aromatic ring is 1. The van der Waals surface area contributed by atoms with Crippen LogP contribution in [0.1, 0.15) is 50.2 Å².